The summed E-state index contributed by atoms with van der Waals surface area (Å²) in [5.41, 5.74) is 0.992. The Hall–Kier alpha value is 0.0600. The molecule has 90 valence electrons. The molecule has 1 aromatic heterocycles. The van der Waals surface area contributed by atoms with E-state index in [1.165, 1.54) is 0 Å². The van der Waals surface area contributed by atoms with Crippen molar-refractivity contribution in [2.75, 3.05) is 7.11 Å². The predicted molar refractivity (Wildman–Crippen MR) is 73.9 cm³/mol. The van der Waals surface area contributed by atoms with E-state index in [0.717, 1.165) is 15.7 Å². The minimum Gasteiger partial charge on any atom is -0.373 e. The van der Waals surface area contributed by atoms with Gasteiger partial charge in [0.25, 0.3) is 0 Å². The molecule has 0 spiro atoms. The second-order valence-electron chi connectivity index (χ2n) is 3.86. The number of ether oxygens (including phenoxy) is 1. The van der Waals surface area contributed by atoms with Crippen LogP contribution in [0.4, 0.5) is 0 Å². The topological polar surface area (TPSA) is 35.0 Å². The molecule has 0 saturated carbocycles. The van der Waals surface area contributed by atoms with Crippen LogP contribution >= 0.6 is 34.2 Å². The molecule has 0 aromatic carbocycles. The normalized spacial score (nSPS) is 13.2. The van der Waals surface area contributed by atoms with Gasteiger partial charge in [0.2, 0.25) is 0 Å². The average Bonchev–Trinajstić information content (AvgIpc) is 2.24. The van der Waals surface area contributed by atoms with Gasteiger partial charge in [-0.1, -0.05) is 32.4 Å². The monoisotopic (exact) mass is 354 g/mol. The lowest BCUT2D eigenvalue weighted by molar-refractivity contribution is 0.0923. The highest BCUT2D eigenvalue weighted by atomic mass is 127. The summed E-state index contributed by atoms with van der Waals surface area (Å²) >= 11 is 8.29. The fourth-order valence-electron chi connectivity index (χ4n) is 1.43. The highest BCUT2D eigenvalue weighted by Crippen LogP contribution is 2.27. The first-order valence-corrected chi connectivity index (χ1v) is 6.72. The van der Waals surface area contributed by atoms with Crippen molar-refractivity contribution in [2.24, 2.45) is 0 Å². The van der Waals surface area contributed by atoms with Crippen molar-refractivity contribution in [3.63, 3.8) is 0 Å². The zero-order valence-corrected chi connectivity index (χ0v) is 12.8. The highest BCUT2D eigenvalue weighted by molar-refractivity contribution is 14.1. The van der Waals surface area contributed by atoms with Gasteiger partial charge in [-0.2, -0.15) is 0 Å². The van der Waals surface area contributed by atoms with E-state index in [9.17, 15) is 0 Å². The van der Waals surface area contributed by atoms with E-state index in [0.29, 0.717) is 16.9 Å². The molecule has 0 N–H and O–H groups in total. The van der Waals surface area contributed by atoms with Gasteiger partial charge in [-0.05, 0) is 34.9 Å². The molecule has 1 heterocycles. The van der Waals surface area contributed by atoms with Crippen molar-refractivity contribution >= 4 is 34.2 Å². The molecular weight excluding hydrogens is 338 g/mol. The van der Waals surface area contributed by atoms with Gasteiger partial charge in [0.1, 0.15) is 11.3 Å². The van der Waals surface area contributed by atoms with Gasteiger partial charge < -0.3 is 4.74 Å². The quantitative estimate of drug-likeness (QED) is 0.606. The SMILES string of the molecule is CCC(OC)c1nc(Cl)c(I)c(C(C)C)n1. The van der Waals surface area contributed by atoms with Gasteiger partial charge in [-0.25, -0.2) is 9.97 Å². The van der Waals surface area contributed by atoms with E-state index in [1.54, 1.807) is 7.11 Å². The maximum Gasteiger partial charge on any atom is 0.159 e. The van der Waals surface area contributed by atoms with Crippen molar-refractivity contribution < 1.29 is 4.74 Å². The molecule has 0 radical (unpaired) electrons. The zero-order chi connectivity index (χ0) is 12.3. The van der Waals surface area contributed by atoms with Gasteiger partial charge in [0.05, 0.1) is 9.26 Å². The summed E-state index contributed by atoms with van der Waals surface area (Å²) in [7, 11) is 1.67. The first-order valence-electron chi connectivity index (χ1n) is 5.26. The van der Waals surface area contributed by atoms with Crippen LogP contribution < -0.4 is 0 Å². The van der Waals surface area contributed by atoms with Crippen molar-refractivity contribution in [2.45, 2.75) is 39.2 Å². The first kappa shape index (κ1) is 14.1. The second-order valence-corrected chi connectivity index (χ2v) is 5.30. The van der Waals surface area contributed by atoms with Crippen LogP contribution in [0.2, 0.25) is 5.15 Å². The van der Waals surface area contributed by atoms with Crippen LogP contribution in [-0.4, -0.2) is 17.1 Å². The second kappa shape index (κ2) is 6.12. The van der Waals surface area contributed by atoms with E-state index in [4.69, 9.17) is 16.3 Å². The predicted octanol–water partition coefficient (Wildman–Crippen LogP) is 3.96. The summed E-state index contributed by atoms with van der Waals surface area (Å²) in [6.45, 7) is 6.23. The number of hydrogen-bond donors (Lipinski definition) is 0. The van der Waals surface area contributed by atoms with Gasteiger partial charge in [0, 0.05) is 7.11 Å². The summed E-state index contributed by atoms with van der Waals surface area (Å²) in [5, 5.41) is 0.518. The molecule has 0 amide bonds. The fraction of sp³-hybridized carbons (Fsp3) is 0.636. The minimum absolute atomic E-state index is 0.0769. The van der Waals surface area contributed by atoms with Crippen molar-refractivity contribution in [3.05, 3.63) is 20.2 Å². The first-order chi connectivity index (χ1) is 7.51. The van der Waals surface area contributed by atoms with Crippen molar-refractivity contribution in [3.8, 4) is 0 Å². The van der Waals surface area contributed by atoms with Crippen LogP contribution in [0.15, 0.2) is 0 Å². The van der Waals surface area contributed by atoms with Crippen LogP contribution in [0, 0.1) is 3.57 Å². The van der Waals surface area contributed by atoms with E-state index >= 15 is 0 Å². The van der Waals surface area contributed by atoms with Crippen molar-refractivity contribution in [1.29, 1.82) is 0 Å². The number of rotatable bonds is 4. The lowest BCUT2D eigenvalue weighted by atomic mass is 10.1. The summed E-state index contributed by atoms with van der Waals surface area (Å²) in [5.74, 6) is 1.01. The highest BCUT2D eigenvalue weighted by Gasteiger charge is 2.18. The van der Waals surface area contributed by atoms with Gasteiger partial charge in [0.15, 0.2) is 5.82 Å². The number of nitrogens with zero attached hydrogens (tertiary/aromatic N) is 2. The van der Waals surface area contributed by atoms with E-state index in [-0.39, 0.29) is 6.10 Å². The van der Waals surface area contributed by atoms with Crippen molar-refractivity contribution in [1.82, 2.24) is 9.97 Å². The van der Waals surface area contributed by atoms with E-state index in [1.807, 2.05) is 6.92 Å². The molecule has 3 nitrogen and oxygen atoms in total. The smallest absolute Gasteiger partial charge is 0.159 e. The Morgan fingerprint density at radius 1 is 1.38 bits per heavy atom. The van der Waals surface area contributed by atoms with Crippen LogP contribution in [0.3, 0.4) is 0 Å². The molecule has 0 aliphatic heterocycles. The van der Waals surface area contributed by atoms with Crippen LogP contribution in [0.25, 0.3) is 0 Å². The molecule has 0 saturated heterocycles. The standard InChI is InChI=1S/C11H16ClIN2O/c1-5-7(16-4)11-14-9(6(2)3)8(13)10(12)15-11/h6-7H,5H2,1-4H3. The van der Waals surface area contributed by atoms with Crippen LogP contribution in [0.5, 0.6) is 0 Å². The number of methoxy groups -OCH3 is 1. The third-order valence-corrected chi connectivity index (χ3v) is 4.00. The number of halogens is 2. The van der Waals surface area contributed by atoms with Gasteiger partial charge in [-0.15, -0.1) is 0 Å². The maximum atomic E-state index is 6.11. The number of hydrogen-bond acceptors (Lipinski definition) is 3. The van der Waals surface area contributed by atoms with Gasteiger partial charge >= 0.3 is 0 Å². The molecule has 1 atom stereocenters. The Morgan fingerprint density at radius 3 is 2.44 bits per heavy atom. The summed E-state index contributed by atoms with van der Waals surface area (Å²) in [6.07, 6.45) is 0.761. The third kappa shape index (κ3) is 3.05. The van der Waals surface area contributed by atoms with E-state index < -0.39 is 0 Å². The molecule has 5 heteroatoms. The molecule has 16 heavy (non-hydrogen) atoms. The molecule has 1 rings (SSSR count). The molecule has 0 aliphatic carbocycles. The summed E-state index contributed by atoms with van der Waals surface area (Å²) in [6, 6.07) is 0. The fourth-order valence-corrected chi connectivity index (χ4v) is 2.48. The molecule has 0 bridgehead atoms. The molecule has 1 aromatic rings. The maximum absolute atomic E-state index is 6.11. The molecule has 0 aliphatic rings. The Bertz CT molecular complexity index is 367. The molecule has 0 fully saturated rings. The Kier molecular flexibility index (Phi) is 5.40. The summed E-state index contributed by atoms with van der Waals surface area (Å²) < 4.78 is 6.26. The number of aromatic nitrogens is 2. The third-order valence-electron chi connectivity index (χ3n) is 2.34. The Morgan fingerprint density at radius 2 is 2.00 bits per heavy atom. The molecule has 1 unspecified atom stereocenters. The Balaban J connectivity index is 3.23. The zero-order valence-electron chi connectivity index (χ0n) is 9.92. The summed E-state index contributed by atoms with van der Waals surface area (Å²) in [4.78, 5) is 8.83. The minimum atomic E-state index is -0.0769. The molecular formula is C11H16ClIN2O. The average molecular weight is 355 g/mol. The van der Waals surface area contributed by atoms with E-state index in [2.05, 4.69) is 46.4 Å². The van der Waals surface area contributed by atoms with Crippen LogP contribution in [0.1, 0.15) is 50.7 Å². The van der Waals surface area contributed by atoms with Crippen LogP contribution in [-0.2, 0) is 4.74 Å². The largest absolute Gasteiger partial charge is 0.373 e. The van der Waals surface area contributed by atoms with Gasteiger partial charge in [-0.3, -0.25) is 0 Å². The lowest BCUT2D eigenvalue weighted by Crippen LogP contribution is -2.10. The lowest BCUT2D eigenvalue weighted by Gasteiger charge is -2.15. The Labute approximate surface area is 115 Å².